The van der Waals surface area contributed by atoms with Crippen molar-refractivity contribution >= 4 is 0 Å². The first-order chi connectivity index (χ1) is 7.19. The Morgan fingerprint density at radius 3 is 2.67 bits per heavy atom. The summed E-state index contributed by atoms with van der Waals surface area (Å²) in [5.41, 5.74) is 0.199. The number of rotatable bonds is 5. The van der Waals surface area contributed by atoms with Gasteiger partial charge >= 0.3 is 0 Å². The smallest absolute Gasteiger partial charge is 0.250 e. The number of hydrogen-bond acceptors (Lipinski definition) is 2. The van der Waals surface area contributed by atoms with Crippen molar-refractivity contribution < 1.29 is 13.5 Å². The topological polar surface area (TPSA) is 21.3 Å². The highest BCUT2D eigenvalue weighted by Crippen LogP contribution is 2.57. The van der Waals surface area contributed by atoms with Crippen molar-refractivity contribution in [1.29, 1.82) is 0 Å². The Labute approximate surface area is 89.4 Å². The van der Waals surface area contributed by atoms with E-state index in [2.05, 4.69) is 5.32 Å². The predicted molar refractivity (Wildman–Crippen MR) is 54.1 cm³/mol. The first kappa shape index (κ1) is 11.3. The molecule has 0 bridgehead atoms. The molecule has 2 aliphatic carbocycles. The molecule has 0 saturated heterocycles. The maximum Gasteiger partial charge on any atom is 0.250 e. The third-order valence-corrected chi connectivity index (χ3v) is 3.96. The van der Waals surface area contributed by atoms with E-state index in [1.165, 1.54) is 6.42 Å². The van der Waals surface area contributed by atoms with Crippen LogP contribution in [-0.4, -0.2) is 31.7 Å². The first-order valence-electron chi connectivity index (χ1n) is 5.82. The number of halogens is 2. The van der Waals surface area contributed by atoms with E-state index in [0.717, 1.165) is 25.9 Å². The minimum atomic E-state index is -2.24. The van der Waals surface area contributed by atoms with E-state index in [0.29, 0.717) is 6.10 Å². The maximum atomic E-state index is 12.1. The van der Waals surface area contributed by atoms with E-state index < -0.39 is 6.43 Å². The molecule has 2 saturated carbocycles. The van der Waals surface area contributed by atoms with Crippen LogP contribution < -0.4 is 5.32 Å². The Morgan fingerprint density at radius 2 is 2.20 bits per heavy atom. The van der Waals surface area contributed by atoms with Crippen LogP contribution in [0.3, 0.4) is 0 Å². The Hall–Kier alpha value is -0.220. The summed E-state index contributed by atoms with van der Waals surface area (Å²) in [6.07, 6.45) is 2.47. The molecule has 88 valence electrons. The third-order valence-electron chi connectivity index (χ3n) is 3.96. The lowest BCUT2D eigenvalue weighted by molar-refractivity contribution is -0.174. The molecule has 0 aromatic heterocycles. The quantitative estimate of drug-likeness (QED) is 0.765. The second kappa shape index (κ2) is 4.34. The summed E-state index contributed by atoms with van der Waals surface area (Å²) in [6.45, 7) is 2.55. The number of ether oxygens (including phenoxy) is 1. The maximum absolute atomic E-state index is 12.1. The van der Waals surface area contributed by atoms with Crippen molar-refractivity contribution in [1.82, 2.24) is 5.32 Å². The second-order valence-electron chi connectivity index (χ2n) is 4.62. The molecule has 4 heteroatoms. The lowest BCUT2D eigenvalue weighted by Gasteiger charge is -2.61. The third kappa shape index (κ3) is 1.89. The van der Waals surface area contributed by atoms with E-state index >= 15 is 0 Å². The molecule has 0 aromatic carbocycles. The van der Waals surface area contributed by atoms with Crippen LogP contribution in [0.1, 0.15) is 32.6 Å². The summed E-state index contributed by atoms with van der Waals surface area (Å²) < 4.78 is 29.8. The molecule has 0 aromatic rings. The van der Waals surface area contributed by atoms with Gasteiger partial charge in [0.2, 0.25) is 0 Å². The molecular weight excluding hydrogens is 200 g/mol. The molecule has 2 atom stereocenters. The van der Waals surface area contributed by atoms with Crippen LogP contribution >= 0.6 is 0 Å². The first-order valence-corrected chi connectivity index (χ1v) is 5.82. The van der Waals surface area contributed by atoms with Crippen molar-refractivity contribution in [3.05, 3.63) is 0 Å². The fourth-order valence-electron chi connectivity index (χ4n) is 2.96. The summed E-state index contributed by atoms with van der Waals surface area (Å²) in [7, 11) is 0. The normalized spacial score (nSPS) is 32.8. The van der Waals surface area contributed by atoms with Gasteiger partial charge in [-0.1, -0.05) is 6.42 Å². The fourth-order valence-corrected chi connectivity index (χ4v) is 2.96. The predicted octanol–water partition coefficient (Wildman–Crippen LogP) is 2.19. The minimum absolute atomic E-state index is 0.175. The van der Waals surface area contributed by atoms with Gasteiger partial charge in [0.25, 0.3) is 6.43 Å². The highest BCUT2D eigenvalue weighted by molar-refractivity contribution is 5.12. The summed E-state index contributed by atoms with van der Waals surface area (Å²) in [5.74, 6) is 0. The fraction of sp³-hybridized carbons (Fsp3) is 1.00. The molecule has 15 heavy (non-hydrogen) atoms. The van der Waals surface area contributed by atoms with Crippen molar-refractivity contribution in [3.8, 4) is 0 Å². The summed E-state index contributed by atoms with van der Waals surface area (Å²) >= 11 is 0. The van der Waals surface area contributed by atoms with E-state index in [9.17, 15) is 8.78 Å². The molecule has 2 fully saturated rings. The van der Waals surface area contributed by atoms with Crippen molar-refractivity contribution in [2.45, 2.75) is 51.2 Å². The zero-order valence-electron chi connectivity index (χ0n) is 9.14. The monoisotopic (exact) mass is 219 g/mol. The van der Waals surface area contributed by atoms with Gasteiger partial charge in [-0.05, 0) is 26.2 Å². The van der Waals surface area contributed by atoms with E-state index in [-0.39, 0.29) is 18.0 Å². The van der Waals surface area contributed by atoms with Gasteiger partial charge in [0.05, 0.1) is 12.6 Å². The molecule has 2 nitrogen and oxygen atoms in total. The van der Waals surface area contributed by atoms with Crippen LogP contribution in [0.4, 0.5) is 8.78 Å². The number of hydrogen-bond donors (Lipinski definition) is 1. The highest BCUT2D eigenvalue weighted by atomic mass is 19.3. The second-order valence-corrected chi connectivity index (χ2v) is 4.62. The minimum Gasteiger partial charge on any atom is -0.378 e. The van der Waals surface area contributed by atoms with Crippen LogP contribution in [0.15, 0.2) is 0 Å². The van der Waals surface area contributed by atoms with Crippen LogP contribution in [0.5, 0.6) is 0 Å². The number of alkyl halides is 2. The zero-order valence-corrected chi connectivity index (χ0v) is 9.14. The van der Waals surface area contributed by atoms with E-state index in [4.69, 9.17) is 4.74 Å². The molecule has 0 heterocycles. The molecule has 0 amide bonds. The molecule has 2 aliphatic rings. The molecule has 1 spiro atoms. The van der Waals surface area contributed by atoms with E-state index in [1.54, 1.807) is 0 Å². The summed E-state index contributed by atoms with van der Waals surface area (Å²) in [5, 5.41) is 2.97. The van der Waals surface area contributed by atoms with Crippen LogP contribution in [-0.2, 0) is 4.74 Å². The standard InChI is InChI=1S/C11H19F2NO/c1-2-15-9-6-8(14-7-10(12)13)11(9)4-3-5-11/h8-10,14H,2-7H2,1H3. The largest absolute Gasteiger partial charge is 0.378 e. The average molecular weight is 219 g/mol. The van der Waals surface area contributed by atoms with Crippen LogP contribution in [0.25, 0.3) is 0 Å². The van der Waals surface area contributed by atoms with Gasteiger partial charge in [-0.15, -0.1) is 0 Å². The highest BCUT2D eigenvalue weighted by Gasteiger charge is 2.58. The van der Waals surface area contributed by atoms with Gasteiger partial charge in [-0.25, -0.2) is 8.78 Å². The van der Waals surface area contributed by atoms with Crippen molar-refractivity contribution in [2.24, 2.45) is 5.41 Å². The molecule has 1 N–H and O–H groups in total. The lowest BCUT2D eigenvalue weighted by atomic mass is 9.51. The Balaban J connectivity index is 1.83. The number of nitrogens with one attached hydrogen (secondary N) is 1. The van der Waals surface area contributed by atoms with Crippen LogP contribution in [0, 0.1) is 5.41 Å². The van der Waals surface area contributed by atoms with Crippen LogP contribution in [0.2, 0.25) is 0 Å². The molecule has 0 aliphatic heterocycles. The van der Waals surface area contributed by atoms with Crippen molar-refractivity contribution in [3.63, 3.8) is 0 Å². The molecule has 2 rings (SSSR count). The Kier molecular flexibility index (Phi) is 3.26. The zero-order chi connectivity index (χ0) is 10.9. The van der Waals surface area contributed by atoms with Gasteiger partial charge in [0.1, 0.15) is 0 Å². The summed E-state index contributed by atoms with van der Waals surface area (Å²) in [6, 6.07) is 0.261. The molecule has 0 radical (unpaired) electrons. The van der Waals surface area contributed by atoms with Gasteiger partial charge < -0.3 is 10.1 Å². The van der Waals surface area contributed by atoms with E-state index in [1.807, 2.05) is 6.92 Å². The Bertz CT molecular complexity index is 219. The van der Waals surface area contributed by atoms with Gasteiger partial charge in [0, 0.05) is 18.1 Å². The molecule has 2 unspecified atom stereocenters. The summed E-state index contributed by atoms with van der Waals surface area (Å²) in [4.78, 5) is 0. The van der Waals surface area contributed by atoms with Gasteiger partial charge in [-0.3, -0.25) is 0 Å². The van der Waals surface area contributed by atoms with Gasteiger partial charge in [0.15, 0.2) is 0 Å². The average Bonchev–Trinajstić information content (AvgIpc) is 2.06. The Morgan fingerprint density at radius 1 is 1.47 bits per heavy atom. The lowest BCUT2D eigenvalue weighted by Crippen LogP contribution is -2.67. The van der Waals surface area contributed by atoms with Gasteiger partial charge in [-0.2, -0.15) is 0 Å². The molecular formula is C11H19F2NO. The SMILES string of the molecule is CCOC1CC(NCC(F)F)C12CCC2. The van der Waals surface area contributed by atoms with Crippen molar-refractivity contribution in [2.75, 3.05) is 13.2 Å².